The maximum absolute atomic E-state index is 13.4. The van der Waals surface area contributed by atoms with E-state index in [2.05, 4.69) is 0 Å². The van der Waals surface area contributed by atoms with Gasteiger partial charge in [-0.3, -0.25) is 4.79 Å². The molecule has 1 amide bonds. The summed E-state index contributed by atoms with van der Waals surface area (Å²) in [5, 5.41) is 0. The first-order valence-electron chi connectivity index (χ1n) is 4.96. The topological polar surface area (TPSA) is 20.3 Å². The van der Waals surface area contributed by atoms with Gasteiger partial charge in [-0.2, -0.15) is 0 Å². The third-order valence-corrected chi connectivity index (χ3v) is 2.45. The summed E-state index contributed by atoms with van der Waals surface area (Å²) in [4.78, 5) is 13.4. The molecule has 0 aliphatic heterocycles. The molecule has 0 spiro atoms. The van der Waals surface area contributed by atoms with Crippen LogP contribution in [0.2, 0.25) is 0 Å². The van der Waals surface area contributed by atoms with Crippen molar-refractivity contribution >= 4 is 5.91 Å². The highest BCUT2D eigenvalue weighted by atomic mass is 19.1. The Labute approximate surface area is 89.7 Å². The number of benzene rings is 1. The molecule has 0 radical (unpaired) electrons. The minimum absolute atomic E-state index is 0.0670. The number of nitrogens with zero attached hydrogens (tertiary/aromatic N) is 1. The van der Waals surface area contributed by atoms with Gasteiger partial charge in [0.1, 0.15) is 5.82 Å². The van der Waals surface area contributed by atoms with Crippen molar-refractivity contribution in [2.45, 2.75) is 26.8 Å². The zero-order valence-corrected chi connectivity index (χ0v) is 9.54. The van der Waals surface area contributed by atoms with E-state index in [9.17, 15) is 9.18 Å². The number of amides is 1. The largest absolute Gasteiger partial charge is 0.339 e. The molecule has 0 N–H and O–H groups in total. The molecule has 0 saturated carbocycles. The summed E-state index contributed by atoms with van der Waals surface area (Å²) in [6.07, 6.45) is 0. The molecule has 0 aliphatic carbocycles. The van der Waals surface area contributed by atoms with Crippen LogP contribution in [0.15, 0.2) is 18.2 Å². The molecule has 0 aliphatic rings. The lowest BCUT2D eigenvalue weighted by Gasteiger charge is -2.21. The van der Waals surface area contributed by atoms with Gasteiger partial charge in [0, 0.05) is 13.1 Å². The molecule has 1 aromatic carbocycles. The van der Waals surface area contributed by atoms with Gasteiger partial charge in [-0.1, -0.05) is 11.6 Å². The van der Waals surface area contributed by atoms with Crippen molar-refractivity contribution in [2.24, 2.45) is 0 Å². The minimum atomic E-state index is -0.460. The Bertz CT molecular complexity index is 374. The maximum Gasteiger partial charge on any atom is 0.256 e. The zero-order valence-electron chi connectivity index (χ0n) is 9.54. The molecule has 0 heterocycles. The predicted octanol–water partition coefficient (Wildman–Crippen LogP) is 2.61. The van der Waals surface area contributed by atoms with Gasteiger partial charge in [0.2, 0.25) is 0 Å². The quantitative estimate of drug-likeness (QED) is 0.733. The van der Waals surface area contributed by atoms with Crippen LogP contribution in [-0.2, 0) is 0 Å². The Balaban J connectivity index is 3.05. The summed E-state index contributed by atoms with van der Waals surface area (Å²) in [7, 11) is 1.68. The molecule has 3 heteroatoms. The highest BCUT2D eigenvalue weighted by Gasteiger charge is 2.17. The smallest absolute Gasteiger partial charge is 0.256 e. The lowest BCUT2D eigenvalue weighted by atomic mass is 10.1. The molecule has 1 aromatic rings. The van der Waals surface area contributed by atoms with Gasteiger partial charge in [-0.25, -0.2) is 4.39 Å². The molecular formula is C12H16FNO. The maximum atomic E-state index is 13.4. The van der Waals surface area contributed by atoms with Gasteiger partial charge < -0.3 is 4.90 Å². The second kappa shape index (κ2) is 4.43. The Morgan fingerprint density at radius 3 is 2.53 bits per heavy atom. The SMILES string of the molecule is Cc1ccc(F)c(C(=O)N(C)C(C)C)c1. The van der Waals surface area contributed by atoms with Crippen molar-refractivity contribution in [1.29, 1.82) is 0 Å². The fraction of sp³-hybridized carbons (Fsp3) is 0.417. The standard InChI is InChI=1S/C12H16FNO/c1-8(2)14(4)12(15)10-7-9(3)5-6-11(10)13/h5-8H,1-4H3. The molecule has 0 bridgehead atoms. The number of carbonyl (C=O) groups excluding carboxylic acids is 1. The van der Waals surface area contributed by atoms with Gasteiger partial charge in [-0.15, -0.1) is 0 Å². The number of rotatable bonds is 2. The molecular weight excluding hydrogens is 193 g/mol. The van der Waals surface area contributed by atoms with Crippen molar-refractivity contribution in [2.75, 3.05) is 7.05 Å². The van der Waals surface area contributed by atoms with Crippen LogP contribution in [0.25, 0.3) is 0 Å². The Morgan fingerprint density at radius 2 is 2.00 bits per heavy atom. The highest BCUT2D eigenvalue weighted by molar-refractivity contribution is 5.94. The fourth-order valence-corrected chi connectivity index (χ4v) is 1.23. The lowest BCUT2D eigenvalue weighted by Crippen LogP contribution is -2.33. The van der Waals surface area contributed by atoms with Gasteiger partial charge in [0.15, 0.2) is 0 Å². The van der Waals surface area contributed by atoms with Crippen LogP contribution in [0.3, 0.4) is 0 Å². The van der Waals surface area contributed by atoms with Crippen molar-refractivity contribution in [3.05, 3.63) is 35.1 Å². The van der Waals surface area contributed by atoms with E-state index in [1.807, 2.05) is 20.8 Å². The van der Waals surface area contributed by atoms with Crippen LogP contribution in [0.1, 0.15) is 29.8 Å². The van der Waals surface area contributed by atoms with Crippen molar-refractivity contribution in [1.82, 2.24) is 4.90 Å². The Morgan fingerprint density at radius 1 is 1.40 bits per heavy atom. The average molecular weight is 209 g/mol. The molecule has 0 aromatic heterocycles. The van der Waals surface area contributed by atoms with Gasteiger partial charge >= 0.3 is 0 Å². The highest BCUT2D eigenvalue weighted by Crippen LogP contribution is 2.13. The zero-order chi connectivity index (χ0) is 11.6. The van der Waals surface area contributed by atoms with E-state index in [1.54, 1.807) is 19.2 Å². The van der Waals surface area contributed by atoms with E-state index >= 15 is 0 Å². The van der Waals surface area contributed by atoms with Gasteiger partial charge in [0.25, 0.3) is 5.91 Å². The van der Waals surface area contributed by atoms with Crippen molar-refractivity contribution in [3.63, 3.8) is 0 Å². The summed E-state index contributed by atoms with van der Waals surface area (Å²) in [6.45, 7) is 5.63. The normalized spacial score (nSPS) is 10.5. The Hall–Kier alpha value is -1.38. The number of hydrogen-bond donors (Lipinski definition) is 0. The number of hydrogen-bond acceptors (Lipinski definition) is 1. The molecule has 2 nitrogen and oxygen atoms in total. The second-order valence-electron chi connectivity index (χ2n) is 3.99. The number of aryl methyl sites for hydroxylation is 1. The van der Waals surface area contributed by atoms with E-state index in [-0.39, 0.29) is 17.5 Å². The first-order chi connectivity index (χ1) is 6.93. The molecule has 82 valence electrons. The molecule has 0 fully saturated rings. The van der Waals surface area contributed by atoms with Gasteiger partial charge in [0.05, 0.1) is 5.56 Å². The number of carbonyl (C=O) groups is 1. The monoisotopic (exact) mass is 209 g/mol. The first-order valence-corrected chi connectivity index (χ1v) is 4.96. The van der Waals surface area contributed by atoms with Gasteiger partial charge in [-0.05, 0) is 32.9 Å². The van der Waals surface area contributed by atoms with Crippen LogP contribution in [-0.4, -0.2) is 23.9 Å². The molecule has 0 atom stereocenters. The van der Waals surface area contributed by atoms with Crippen LogP contribution in [0.4, 0.5) is 4.39 Å². The fourth-order valence-electron chi connectivity index (χ4n) is 1.23. The van der Waals surface area contributed by atoms with Crippen LogP contribution < -0.4 is 0 Å². The van der Waals surface area contributed by atoms with E-state index in [0.717, 1.165) is 5.56 Å². The Kier molecular flexibility index (Phi) is 3.45. The average Bonchev–Trinajstić information content (AvgIpc) is 2.19. The third kappa shape index (κ3) is 2.55. The molecule has 0 unspecified atom stereocenters. The lowest BCUT2D eigenvalue weighted by molar-refractivity contribution is 0.0750. The van der Waals surface area contributed by atoms with Crippen molar-refractivity contribution < 1.29 is 9.18 Å². The van der Waals surface area contributed by atoms with Crippen LogP contribution in [0, 0.1) is 12.7 Å². The van der Waals surface area contributed by atoms with E-state index in [1.165, 1.54) is 11.0 Å². The van der Waals surface area contributed by atoms with E-state index in [4.69, 9.17) is 0 Å². The molecule has 1 rings (SSSR count). The summed E-state index contributed by atoms with van der Waals surface area (Å²) < 4.78 is 13.4. The minimum Gasteiger partial charge on any atom is -0.339 e. The summed E-state index contributed by atoms with van der Waals surface area (Å²) in [6, 6.07) is 4.63. The third-order valence-electron chi connectivity index (χ3n) is 2.45. The van der Waals surface area contributed by atoms with Crippen LogP contribution >= 0.6 is 0 Å². The van der Waals surface area contributed by atoms with Crippen LogP contribution in [0.5, 0.6) is 0 Å². The van der Waals surface area contributed by atoms with E-state index in [0.29, 0.717) is 0 Å². The second-order valence-corrected chi connectivity index (χ2v) is 3.99. The predicted molar refractivity (Wildman–Crippen MR) is 58.4 cm³/mol. The first kappa shape index (κ1) is 11.7. The summed E-state index contributed by atoms with van der Waals surface area (Å²) in [5.41, 5.74) is 1.03. The summed E-state index contributed by atoms with van der Waals surface area (Å²) >= 11 is 0. The van der Waals surface area contributed by atoms with E-state index < -0.39 is 5.82 Å². The molecule has 0 saturated heterocycles. The van der Waals surface area contributed by atoms with Crippen molar-refractivity contribution in [3.8, 4) is 0 Å². The summed E-state index contributed by atoms with van der Waals surface area (Å²) in [5.74, 6) is -0.732. The molecule has 15 heavy (non-hydrogen) atoms. The number of halogens is 1.